The van der Waals surface area contributed by atoms with Crippen LogP contribution in [0.3, 0.4) is 0 Å². The SMILES string of the molecule is Cc1cc(=O)c(C(=O)OC(C)C(=O)Nc2sccc2C(N)=O)nn1-c1cccc(C(F)(F)F)c1. The predicted octanol–water partition coefficient (Wildman–Crippen LogP) is 2.90. The van der Waals surface area contributed by atoms with Gasteiger partial charge in [-0.25, -0.2) is 9.48 Å². The highest BCUT2D eigenvalue weighted by Gasteiger charge is 2.31. The molecule has 178 valence electrons. The van der Waals surface area contributed by atoms with Crippen molar-refractivity contribution in [1.29, 1.82) is 0 Å². The molecule has 3 N–H and O–H groups in total. The number of nitrogens with two attached hydrogens (primary N) is 1. The van der Waals surface area contributed by atoms with Crippen molar-refractivity contribution in [3.05, 3.63) is 74.5 Å². The molecule has 13 heteroatoms. The summed E-state index contributed by atoms with van der Waals surface area (Å²) in [6, 6.07) is 6.58. The molecule has 34 heavy (non-hydrogen) atoms. The molecule has 2 heterocycles. The van der Waals surface area contributed by atoms with Gasteiger partial charge in [0.2, 0.25) is 11.1 Å². The van der Waals surface area contributed by atoms with Crippen LogP contribution in [0.1, 0.15) is 39.0 Å². The fourth-order valence-electron chi connectivity index (χ4n) is 2.85. The van der Waals surface area contributed by atoms with Crippen LogP contribution in [-0.2, 0) is 15.7 Å². The lowest BCUT2D eigenvalue weighted by Gasteiger charge is -2.15. The van der Waals surface area contributed by atoms with Gasteiger partial charge in [-0.05, 0) is 43.5 Å². The Kier molecular flexibility index (Phi) is 6.86. The van der Waals surface area contributed by atoms with E-state index in [1.54, 1.807) is 0 Å². The minimum atomic E-state index is -4.61. The third kappa shape index (κ3) is 5.31. The average molecular weight is 494 g/mol. The molecule has 0 radical (unpaired) electrons. The lowest BCUT2D eigenvalue weighted by atomic mass is 10.2. The van der Waals surface area contributed by atoms with Crippen LogP contribution in [-0.4, -0.2) is 33.7 Å². The van der Waals surface area contributed by atoms with Crippen LogP contribution in [0.25, 0.3) is 5.69 Å². The number of halogens is 3. The smallest absolute Gasteiger partial charge is 0.416 e. The van der Waals surface area contributed by atoms with Crippen LogP contribution in [0, 0.1) is 6.92 Å². The third-order valence-electron chi connectivity index (χ3n) is 4.54. The van der Waals surface area contributed by atoms with Crippen LogP contribution >= 0.6 is 11.3 Å². The van der Waals surface area contributed by atoms with Gasteiger partial charge in [0.25, 0.3) is 11.8 Å². The Morgan fingerprint density at radius 1 is 1.21 bits per heavy atom. The molecular formula is C21H17F3N4O5S. The molecule has 1 aromatic carbocycles. The number of hydrogen-bond donors (Lipinski definition) is 2. The van der Waals surface area contributed by atoms with Crippen LogP contribution < -0.4 is 16.5 Å². The molecule has 0 spiro atoms. The summed E-state index contributed by atoms with van der Waals surface area (Å²) in [4.78, 5) is 48.6. The molecule has 0 aliphatic carbocycles. The minimum absolute atomic E-state index is 0.0381. The number of nitrogens with zero attached hydrogens (tertiary/aromatic N) is 2. The summed E-state index contributed by atoms with van der Waals surface area (Å²) in [6.45, 7) is 2.65. The molecule has 2 aromatic heterocycles. The monoisotopic (exact) mass is 494 g/mol. The van der Waals surface area contributed by atoms with Gasteiger partial charge in [-0.1, -0.05) is 6.07 Å². The Bertz CT molecular complexity index is 1330. The molecule has 9 nitrogen and oxygen atoms in total. The maximum atomic E-state index is 13.1. The Labute approximate surface area is 194 Å². The molecule has 3 rings (SSSR count). The van der Waals surface area contributed by atoms with Crippen LogP contribution in [0.2, 0.25) is 0 Å². The molecule has 1 unspecified atom stereocenters. The Morgan fingerprint density at radius 2 is 1.91 bits per heavy atom. The van der Waals surface area contributed by atoms with E-state index in [9.17, 15) is 32.3 Å². The highest BCUT2D eigenvalue weighted by molar-refractivity contribution is 7.14. The molecule has 0 saturated carbocycles. The number of amides is 2. The first-order chi connectivity index (χ1) is 15.9. The van der Waals surface area contributed by atoms with E-state index in [2.05, 4.69) is 10.4 Å². The van der Waals surface area contributed by atoms with Crippen molar-refractivity contribution in [3.8, 4) is 5.69 Å². The zero-order valence-corrected chi connectivity index (χ0v) is 18.5. The van der Waals surface area contributed by atoms with Crippen molar-refractivity contribution >= 4 is 34.1 Å². The van der Waals surface area contributed by atoms with Crippen LogP contribution in [0.15, 0.2) is 46.6 Å². The average Bonchev–Trinajstić information content (AvgIpc) is 3.21. The number of rotatable bonds is 6. The van der Waals surface area contributed by atoms with Gasteiger partial charge in [0, 0.05) is 11.8 Å². The summed E-state index contributed by atoms with van der Waals surface area (Å²) in [5.74, 6) is -2.82. The summed E-state index contributed by atoms with van der Waals surface area (Å²) < 4.78 is 45.2. The Hall–Kier alpha value is -4.00. The Morgan fingerprint density at radius 3 is 2.56 bits per heavy atom. The highest BCUT2D eigenvalue weighted by Crippen LogP contribution is 2.30. The fourth-order valence-corrected chi connectivity index (χ4v) is 3.64. The number of esters is 1. The van der Waals surface area contributed by atoms with Crippen molar-refractivity contribution in [2.75, 3.05) is 5.32 Å². The number of benzene rings is 1. The van der Waals surface area contributed by atoms with Gasteiger partial charge in [-0.15, -0.1) is 11.3 Å². The summed E-state index contributed by atoms with van der Waals surface area (Å²) in [6.07, 6.45) is -6.01. The quantitative estimate of drug-likeness (QED) is 0.506. The second-order valence-corrected chi connectivity index (χ2v) is 7.94. The van der Waals surface area contributed by atoms with Crippen molar-refractivity contribution in [1.82, 2.24) is 9.78 Å². The van der Waals surface area contributed by atoms with Crippen molar-refractivity contribution < 1.29 is 32.3 Å². The zero-order valence-electron chi connectivity index (χ0n) is 17.7. The maximum absolute atomic E-state index is 13.1. The molecule has 0 aliphatic rings. The van der Waals surface area contributed by atoms with Gasteiger partial charge < -0.3 is 15.8 Å². The molecule has 3 aromatic rings. The summed E-state index contributed by atoms with van der Waals surface area (Å²) >= 11 is 1.03. The van der Waals surface area contributed by atoms with E-state index < -0.39 is 46.8 Å². The summed E-state index contributed by atoms with van der Waals surface area (Å²) in [5, 5.41) is 7.94. The first-order valence-electron chi connectivity index (χ1n) is 9.56. The molecule has 0 saturated heterocycles. The number of carbonyl (C=O) groups excluding carboxylic acids is 3. The first kappa shape index (κ1) is 24.6. The van der Waals surface area contributed by atoms with Crippen LogP contribution in [0.5, 0.6) is 0 Å². The van der Waals surface area contributed by atoms with Gasteiger partial charge in [-0.3, -0.25) is 14.4 Å². The van der Waals surface area contributed by atoms with Crippen molar-refractivity contribution in [2.24, 2.45) is 5.73 Å². The van der Waals surface area contributed by atoms with E-state index >= 15 is 0 Å². The minimum Gasteiger partial charge on any atom is -0.448 e. The van der Waals surface area contributed by atoms with E-state index in [1.807, 2.05) is 0 Å². The molecule has 0 aliphatic heterocycles. The number of alkyl halides is 3. The van der Waals surface area contributed by atoms with E-state index in [0.29, 0.717) is 0 Å². The van der Waals surface area contributed by atoms with Gasteiger partial charge in [0.15, 0.2) is 6.10 Å². The molecular weight excluding hydrogens is 477 g/mol. The number of thiophene rings is 1. The summed E-state index contributed by atoms with van der Waals surface area (Å²) in [7, 11) is 0. The molecule has 2 amide bonds. The van der Waals surface area contributed by atoms with Crippen LogP contribution in [0.4, 0.5) is 18.2 Å². The van der Waals surface area contributed by atoms with E-state index in [0.717, 1.165) is 40.3 Å². The number of ether oxygens (including phenoxy) is 1. The topological polar surface area (TPSA) is 133 Å². The van der Waals surface area contributed by atoms with Crippen molar-refractivity contribution in [3.63, 3.8) is 0 Å². The van der Waals surface area contributed by atoms with Gasteiger partial charge in [-0.2, -0.15) is 18.3 Å². The van der Waals surface area contributed by atoms with E-state index in [1.165, 1.54) is 31.4 Å². The maximum Gasteiger partial charge on any atom is 0.416 e. The fraction of sp³-hybridized carbons (Fsp3) is 0.190. The number of carbonyl (C=O) groups is 3. The first-order valence-corrected chi connectivity index (χ1v) is 10.4. The van der Waals surface area contributed by atoms with Gasteiger partial charge >= 0.3 is 12.1 Å². The van der Waals surface area contributed by atoms with Gasteiger partial charge in [0.1, 0.15) is 5.00 Å². The molecule has 0 fully saturated rings. The lowest BCUT2D eigenvalue weighted by Crippen LogP contribution is -2.33. The highest BCUT2D eigenvalue weighted by atomic mass is 32.1. The molecule has 1 atom stereocenters. The zero-order chi connectivity index (χ0) is 25.2. The number of primary amides is 1. The predicted molar refractivity (Wildman–Crippen MR) is 116 cm³/mol. The van der Waals surface area contributed by atoms with E-state index in [-0.39, 0.29) is 21.9 Å². The number of hydrogen-bond acceptors (Lipinski definition) is 7. The second-order valence-electron chi connectivity index (χ2n) is 7.02. The number of anilines is 1. The van der Waals surface area contributed by atoms with E-state index in [4.69, 9.17) is 10.5 Å². The molecule has 0 bridgehead atoms. The van der Waals surface area contributed by atoms with Crippen molar-refractivity contribution in [2.45, 2.75) is 26.1 Å². The number of aryl methyl sites for hydroxylation is 1. The van der Waals surface area contributed by atoms with Gasteiger partial charge in [0.05, 0.1) is 16.8 Å². The third-order valence-corrected chi connectivity index (χ3v) is 5.37. The largest absolute Gasteiger partial charge is 0.448 e. The normalized spacial score (nSPS) is 12.1. The Balaban J connectivity index is 1.84. The lowest BCUT2D eigenvalue weighted by molar-refractivity contribution is -0.137. The standard InChI is InChI=1S/C21H17F3N4O5S/c1-10-8-15(29)16(27-28(10)13-5-3-4-12(9-13)21(22,23)24)20(32)33-11(2)18(31)26-19-14(17(25)30)6-7-34-19/h3-9,11H,1-2H3,(H2,25,30)(H,26,31). The second kappa shape index (κ2) is 9.47. The number of nitrogens with one attached hydrogen (secondary N) is 1. The summed E-state index contributed by atoms with van der Waals surface area (Å²) in [5.41, 5.74) is 2.91. The number of aromatic nitrogens is 2.